The third-order valence-corrected chi connectivity index (χ3v) is 5.27. The Morgan fingerprint density at radius 1 is 1.39 bits per heavy atom. The fourth-order valence-corrected chi connectivity index (χ4v) is 3.30. The second-order valence-electron chi connectivity index (χ2n) is 4.56. The van der Waals surface area contributed by atoms with Gasteiger partial charge in [0.2, 0.25) is 10.0 Å². The molecule has 0 saturated carbocycles. The summed E-state index contributed by atoms with van der Waals surface area (Å²) in [4.78, 5) is 10.9. The van der Waals surface area contributed by atoms with Gasteiger partial charge in [-0.2, -0.15) is 0 Å². The van der Waals surface area contributed by atoms with Gasteiger partial charge in [-0.3, -0.25) is 4.31 Å². The molecule has 18 heavy (non-hydrogen) atoms. The first-order valence-corrected chi connectivity index (χ1v) is 7.22. The molecule has 0 unspecified atom stereocenters. The number of fused-ring (bicyclic) bond motifs is 1. The molecule has 98 valence electrons. The average molecular weight is 269 g/mol. The molecule has 0 atom stereocenters. The molecular formula is C12H15NO4S. The number of carboxylic acid groups (broad SMARTS) is 1. The Hall–Kier alpha value is -1.56. The Kier molecular flexibility index (Phi) is 3.06. The summed E-state index contributed by atoms with van der Waals surface area (Å²) in [5, 5.41) is 8.43. The van der Waals surface area contributed by atoms with Gasteiger partial charge in [0.05, 0.1) is 16.5 Å². The molecule has 2 rings (SSSR count). The first-order chi connectivity index (χ1) is 8.34. The second-order valence-corrected chi connectivity index (χ2v) is 6.98. The number of carboxylic acids is 1. The van der Waals surface area contributed by atoms with Gasteiger partial charge < -0.3 is 5.11 Å². The summed E-state index contributed by atoms with van der Waals surface area (Å²) in [6, 6.07) is 4.63. The SMILES string of the molecule is CC(C)S(=O)(=O)N1CCc2ccc(C(=O)O)cc21. The van der Waals surface area contributed by atoms with Crippen molar-refractivity contribution in [2.75, 3.05) is 10.8 Å². The van der Waals surface area contributed by atoms with Gasteiger partial charge in [0, 0.05) is 6.54 Å². The van der Waals surface area contributed by atoms with E-state index < -0.39 is 21.2 Å². The molecule has 1 aromatic rings. The number of hydrogen-bond donors (Lipinski definition) is 1. The number of carbonyl (C=O) groups is 1. The normalized spacial score (nSPS) is 14.9. The van der Waals surface area contributed by atoms with Gasteiger partial charge in [0.1, 0.15) is 0 Å². The van der Waals surface area contributed by atoms with E-state index in [0.717, 1.165) is 5.56 Å². The lowest BCUT2D eigenvalue weighted by atomic mass is 10.1. The summed E-state index contributed by atoms with van der Waals surface area (Å²) >= 11 is 0. The van der Waals surface area contributed by atoms with E-state index in [4.69, 9.17) is 5.11 Å². The zero-order valence-corrected chi connectivity index (χ0v) is 11.1. The Balaban J connectivity index is 2.50. The molecule has 0 spiro atoms. The molecule has 1 aliphatic heterocycles. The second kappa shape index (κ2) is 4.28. The zero-order chi connectivity index (χ0) is 13.5. The Bertz CT molecular complexity index is 592. The third-order valence-electron chi connectivity index (χ3n) is 3.09. The Morgan fingerprint density at radius 3 is 2.61 bits per heavy atom. The summed E-state index contributed by atoms with van der Waals surface area (Å²) in [6.45, 7) is 3.63. The molecule has 1 aliphatic rings. The van der Waals surface area contributed by atoms with Crippen LogP contribution in [0.4, 0.5) is 5.69 Å². The number of anilines is 1. The maximum atomic E-state index is 12.2. The van der Waals surface area contributed by atoms with Crippen LogP contribution in [0.15, 0.2) is 18.2 Å². The van der Waals surface area contributed by atoms with Crippen molar-refractivity contribution in [2.45, 2.75) is 25.5 Å². The topological polar surface area (TPSA) is 74.7 Å². The smallest absolute Gasteiger partial charge is 0.335 e. The van der Waals surface area contributed by atoms with Crippen LogP contribution in [0.25, 0.3) is 0 Å². The van der Waals surface area contributed by atoms with Crippen LogP contribution in [-0.4, -0.2) is 31.3 Å². The quantitative estimate of drug-likeness (QED) is 0.902. The van der Waals surface area contributed by atoms with Gasteiger partial charge in [-0.15, -0.1) is 0 Å². The average Bonchev–Trinajstić information content (AvgIpc) is 2.71. The number of nitrogens with zero attached hydrogens (tertiary/aromatic N) is 1. The van der Waals surface area contributed by atoms with Crippen molar-refractivity contribution in [3.63, 3.8) is 0 Å². The van der Waals surface area contributed by atoms with Crippen LogP contribution in [0.3, 0.4) is 0 Å². The van der Waals surface area contributed by atoms with E-state index in [-0.39, 0.29) is 5.56 Å². The fourth-order valence-electron chi connectivity index (χ4n) is 2.00. The van der Waals surface area contributed by atoms with Crippen molar-refractivity contribution in [3.05, 3.63) is 29.3 Å². The van der Waals surface area contributed by atoms with Crippen LogP contribution >= 0.6 is 0 Å². The van der Waals surface area contributed by atoms with Crippen molar-refractivity contribution in [3.8, 4) is 0 Å². The largest absolute Gasteiger partial charge is 0.478 e. The molecule has 0 bridgehead atoms. The number of benzene rings is 1. The molecule has 0 aliphatic carbocycles. The minimum Gasteiger partial charge on any atom is -0.478 e. The van der Waals surface area contributed by atoms with Crippen molar-refractivity contribution in [1.29, 1.82) is 0 Å². The highest BCUT2D eigenvalue weighted by Gasteiger charge is 2.32. The van der Waals surface area contributed by atoms with Crippen LogP contribution < -0.4 is 4.31 Å². The van der Waals surface area contributed by atoms with E-state index in [9.17, 15) is 13.2 Å². The molecule has 1 heterocycles. The highest BCUT2D eigenvalue weighted by atomic mass is 32.2. The molecule has 0 radical (unpaired) electrons. The Morgan fingerprint density at radius 2 is 2.06 bits per heavy atom. The van der Waals surface area contributed by atoms with Crippen molar-refractivity contribution < 1.29 is 18.3 Å². The summed E-state index contributed by atoms with van der Waals surface area (Å²) in [7, 11) is -3.39. The summed E-state index contributed by atoms with van der Waals surface area (Å²) in [5.41, 5.74) is 1.49. The summed E-state index contributed by atoms with van der Waals surface area (Å²) in [5.74, 6) is -1.05. The molecule has 1 N–H and O–H groups in total. The van der Waals surface area contributed by atoms with E-state index in [1.165, 1.54) is 16.4 Å². The lowest BCUT2D eigenvalue weighted by Crippen LogP contribution is -2.35. The summed E-state index contributed by atoms with van der Waals surface area (Å²) < 4.78 is 25.6. The number of rotatable bonds is 3. The molecular weight excluding hydrogens is 254 g/mol. The molecule has 0 amide bonds. The van der Waals surface area contributed by atoms with Gasteiger partial charge in [-0.05, 0) is 38.0 Å². The van der Waals surface area contributed by atoms with E-state index in [1.807, 2.05) is 0 Å². The van der Waals surface area contributed by atoms with E-state index in [0.29, 0.717) is 18.7 Å². The predicted octanol–water partition coefficient (Wildman–Crippen LogP) is 1.49. The van der Waals surface area contributed by atoms with Gasteiger partial charge >= 0.3 is 5.97 Å². The minimum absolute atomic E-state index is 0.111. The van der Waals surface area contributed by atoms with Gasteiger partial charge in [0.25, 0.3) is 0 Å². The molecule has 0 aromatic heterocycles. The van der Waals surface area contributed by atoms with Crippen LogP contribution in [0.5, 0.6) is 0 Å². The first kappa shape index (κ1) is 12.9. The first-order valence-electron chi connectivity index (χ1n) is 5.72. The third kappa shape index (κ3) is 1.96. The standard InChI is InChI=1S/C12H15NO4S/c1-8(2)18(16,17)13-6-5-9-3-4-10(12(14)15)7-11(9)13/h3-4,7-8H,5-6H2,1-2H3,(H,14,15). The van der Waals surface area contributed by atoms with Crippen molar-refractivity contribution in [2.24, 2.45) is 0 Å². The molecule has 6 heteroatoms. The monoisotopic (exact) mass is 269 g/mol. The van der Waals surface area contributed by atoms with Gasteiger partial charge in [0.15, 0.2) is 0 Å². The molecule has 0 saturated heterocycles. The zero-order valence-electron chi connectivity index (χ0n) is 10.3. The number of aromatic carboxylic acids is 1. The van der Waals surface area contributed by atoms with Gasteiger partial charge in [-0.25, -0.2) is 13.2 Å². The maximum absolute atomic E-state index is 12.2. The highest BCUT2D eigenvalue weighted by molar-refractivity contribution is 7.93. The molecule has 5 nitrogen and oxygen atoms in total. The fraction of sp³-hybridized carbons (Fsp3) is 0.417. The molecule has 1 aromatic carbocycles. The number of sulfonamides is 1. The maximum Gasteiger partial charge on any atom is 0.335 e. The number of hydrogen-bond acceptors (Lipinski definition) is 3. The lowest BCUT2D eigenvalue weighted by Gasteiger charge is -2.22. The van der Waals surface area contributed by atoms with Crippen molar-refractivity contribution >= 4 is 21.7 Å². The van der Waals surface area contributed by atoms with Crippen LogP contribution in [0.1, 0.15) is 29.8 Å². The highest BCUT2D eigenvalue weighted by Crippen LogP contribution is 2.32. The van der Waals surface area contributed by atoms with E-state index >= 15 is 0 Å². The van der Waals surface area contributed by atoms with Gasteiger partial charge in [-0.1, -0.05) is 6.07 Å². The van der Waals surface area contributed by atoms with E-state index in [1.54, 1.807) is 19.9 Å². The van der Waals surface area contributed by atoms with Crippen LogP contribution in [0.2, 0.25) is 0 Å². The van der Waals surface area contributed by atoms with Crippen LogP contribution in [0, 0.1) is 0 Å². The Labute approximate surface area is 106 Å². The summed E-state index contributed by atoms with van der Waals surface area (Å²) in [6.07, 6.45) is 0.626. The predicted molar refractivity (Wildman–Crippen MR) is 68.5 cm³/mol. The van der Waals surface area contributed by atoms with Crippen LogP contribution in [-0.2, 0) is 16.4 Å². The van der Waals surface area contributed by atoms with E-state index in [2.05, 4.69) is 0 Å². The lowest BCUT2D eigenvalue weighted by molar-refractivity contribution is 0.0697. The molecule has 0 fully saturated rings. The van der Waals surface area contributed by atoms with Crippen molar-refractivity contribution in [1.82, 2.24) is 0 Å². The minimum atomic E-state index is -3.39.